The van der Waals surface area contributed by atoms with Gasteiger partial charge in [-0.3, -0.25) is 4.79 Å². The van der Waals surface area contributed by atoms with Gasteiger partial charge < -0.3 is 18.9 Å². The maximum atomic E-state index is 12.4. The van der Waals surface area contributed by atoms with Crippen molar-refractivity contribution in [2.24, 2.45) is 0 Å². The van der Waals surface area contributed by atoms with Crippen molar-refractivity contribution in [2.75, 3.05) is 26.9 Å². The van der Waals surface area contributed by atoms with Gasteiger partial charge in [0.15, 0.2) is 0 Å². The molecule has 1 atom stereocenters. The maximum absolute atomic E-state index is 12.4. The maximum Gasteiger partial charge on any atom is 0.251 e. The van der Waals surface area contributed by atoms with Crippen molar-refractivity contribution in [1.82, 2.24) is 14.5 Å². The van der Waals surface area contributed by atoms with Crippen molar-refractivity contribution in [3.8, 4) is 0 Å². The van der Waals surface area contributed by atoms with E-state index in [9.17, 15) is 4.79 Å². The van der Waals surface area contributed by atoms with Gasteiger partial charge in [0.05, 0.1) is 30.8 Å². The third-order valence-corrected chi connectivity index (χ3v) is 3.95. The largest absolute Gasteiger partial charge is 0.379 e. The number of rotatable bonds is 9. The lowest BCUT2D eigenvalue weighted by Crippen LogP contribution is -2.37. The van der Waals surface area contributed by atoms with Crippen LogP contribution in [-0.4, -0.2) is 53.3 Å². The predicted octanol–water partition coefficient (Wildman–Crippen LogP) is 2.46. The molecule has 0 aliphatic rings. The van der Waals surface area contributed by atoms with Crippen LogP contribution in [0.2, 0.25) is 0 Å². The number of nitrogens with zero attached hydrogens (tertiary/aromatic N) is 3. The van der Waals surface area contributed by atoms with Crippen LogP contribution in [-0.2, 0) is 27.4 Å². The standard InChI is InChI=1S/C18H27N3O3/c1-5-21-16-10-8-7-9-15(16)19-17(21)13-20(4)18(22)14(3)24-12-11-23-6-2/h7-10,14H,5-6,11-13H2,1-4H3/t14-/m0/s1. The summed E-state index contributed by atoms with van der Waals surface area (Å²) in [7, 11) is 1.78. The average Bonchev–Trinajstić information content (AvgIpc) is 2.94. The van der Waals surface area contributed by atoms with Gasteiger partial charge in [0.1, 0.15) is 11.9 Å². The van der Waals surface area contributed by atoms with Gasteiger partial charge in [0.2, 0.25) is 0 Å². The Kier molecular flexibility index (Phi) is 6.75. The van der Waals surface area contributed by atoms with E-state index in [2.05, 4.69) is 22.5 Å². The fraction of sp³-hybridized carbons (Fsp3) is 0.556. The minimum Gasteiger partial charge on any atom is -0.379 e. The van der Waals surface area contributed by atoms with Crippen molar-refractivity contribution < 1.29 is 14.3 Å². The molecule has 1 aromatic heterocycles. The molecule has 1 aromatic carbocycles. The Bertz CT molecular complexity index is 669. The van der Waals surface area contributed by atoms with E-state index < -0.39 is 6.10 Å². The van der Waals surface area contributed by atoms with Crippen molar-refractivity contribution in [3.63, 3.8) is 0 Å². The minimum atomic E-state index is -0.491. The van der Waals surface area contributed by atoms with Crippen LogP contribution in [0.4, 0.5) is 0 Å². The van der Waals surface area contributed by atoms with Gasteiger partial charge in [-0.15, -0.1) is 0 Å². The van der Waals surface area contributed by atoms with Gasteiger partial charge in [0, 0.05) is 20.2 Å². The van der Waals surface area contributed by atoms with E-state index in [-0.39, 0.29) is 5.91 Å². The fourth-order valence-corrected chi connectivity index (χ4v) is 2.70. The van der Waals surface area contributed by atoms with Crippen molar-refractivity contribution in [2.45, 2.75) is 40.0 Å². The fourth-order valence-electron chi connectivity index (χ4n) is 2.70. The molecule has 2 aromatic rings. The summed E-state index contributed by atoms with van der Waals surface area (Å²) in [5.41, 5.74) is 2.05. The Balaban J connectivity index is 2.01. The molecule has 0 radical (unpaired) electrons. The molecule has 0 bridgehead atoms. The second kappa shape index (κ2) is 8.80. The van der Waals surface area contributed by atoms with Crippen molar-refractivity contribution in [1.29, 1.82) is 0 Å². The lowest BCUT2D eigenvalue weighted by molar-refractivity contribution is -0.142. The van der Waals surface area contributed by atoms with Gasteiger partial charge in [-0.05, 0) is 32.9 Å². The van der Waals surface area contributed by atoms with Crippen molar-refractivity contribution in [3.05, 3.63) is 30.1 Å². The zero-order chi connectivity index (χ0) is 17.5. The molecule has 24 heavy (non-hydrogen) atoms. The van der Waals surface area contributed by atoms with Gasteiger partial charge in [0.25, 0.3) is 5.91 Å². The quantitative estimate of drug-likeness (QED) is 0.662. The number of hydrogen-bond acceptors (Lipinski definition) is 4. The van der Waals surface area contributed by atoms with Crippen LogP contribution in [0.1, 0.15) is 26.6 Å². The van der Waals surface area contributed by atoms with Crippen LogP contribution < -0.4 is 0 Å². The number of imidazole rings is 1. The van der Waals surface area contributed by atoms with Gasteiger partial charge >= 0.3 is 0 Å². The third-order valence-electron chi connectivity index (χ3n) is 3.95. The first kappa shape index (κ1) is 18.4. The Labute approximate surface area is 143 Å². The molecule has 0 N–H and O–H groups in total. The van der Waals surface area contributed by atoms with Gasteiger partial charge in [-0.2, -0.15) is 0 Å². The van der Waals surface area contributed by atoms with E-state index in [1.807, 2.05) is 25.1 Å². The first-order valence-corrected chi connectivity index (χ1v) is 8.46. The number of aromatic nitrogens is 2. The smallest absolute Gasteiger partial charge is 0.251 e. The Morgan fingerprint density at radius 3 is 2.75 bits per heavy atom. The van der Waals surface area contributed by atoms with E-state index >= 15 is 0 Å². The molecular formula is C18H27N3O3. The molecule has 0 unspecified atom stereocenters. The molecule has 0 aliphatic heterocycles. The Hall–Kier alpha value is -1.92. The molecule has 6 nitrogen and oxygen atoms in total. The molecule has 0 saturated carbocycles. The number of carbonyl (C=O) groups excluding carboxylic acids is 1. The summed E-state index contributed by atoms with van der Waals surface area (Å²) in [4.78, 5) is 18.8. The lowest BCUT2D eigenvalue weighted by Gasteiger charge is -2.21. The second-order valence-corrected chi connectivity index (χ2v) is 5.67. The Morgan fingerprint density at radius 2 is 2.04 bits per heavy atom. The summed E-state index contributed by atoms with van der Waals surface area (Å²) in [5, 5.41) is 0. The summed E-state index contributed by atoms with van der Waals surface area (Å²) in [6.07, 6.45) is -0.491. The van der Waals surface area contributed by atoms with E-state index in [0.717, 1.165) is 23.4 Å². The zero-order valence-corrected chi connectivity index (χ0v) is 15.0. The molecule has 0 fully saturated rings. The number of aryl methyl sites for hydroxylation is 1. The van der Waals surface area contributed by atoms with Crippen LogP contribution in [0.3, 0.4) is 0 Å². The minimum absolute atomic E-state index is 0.0544. The second-order valence-electron chi connectivity index (χ2n) is 5.67. The van der Waals surface area contributed by atoms with Crippen LogP contribution in [0.5, 0.6) is 0 Å². The topological polar surface area (TPSA) is 56.6 Å². The monoisotopic (exact) mass is 333 g/mol. The summed E-state index contributed by atoms with van der Waals surface area (Å²) in [5.74, 6) is 0.831. The number of likely N-dealkylation sites (N-methyl/N-ethyl adjacent to an activating group) is 1. The predicted molar refractivity (Wildman–Crippen MR) is 93.8 cm³/mol. The normalized spacial score (nSPS) is 12.5. The first-order valence-electron chi connectivity index (χ1n) is 8.46. The van der Waals surface area contributed by atoms with Crippen molar-refractivity contribution >= 4 is 16.9 Å². The van der Waals surface area contributed by atoms with Gasteiger partial charge in [-0.25, -0.2) is 4.98 Å². The number of carbonyl (C=O) groups is 1. The highest BCUT2D eigenvalue weighted by Crippen LogP contribution is 2.17. The van der Waals surface area contributed by atoms with Gasteiger partial charge in [-0.1, -0.05) is 12.1 Å². The zero-order valence-electron chi connectivity index (χ0n) is 15.0. The van der Waals surface area contributed by atoms with Crippen LogP contribution in [0.25, 0.3) is 11.0 Å². The highest BCUT2D eigenvalue weighted by molar-refractivity contribution is 5.80. The summed E-state index contributed by atoms with van der Waals surface area (Å²) in [6.45, 7) is 8.64. The SMILES string of the molecule is CCOCCO[C@@H](C)C(=O)N(C)Cc1nc2ccccc2n1CC. The number of fused-ring (bicyclic) bond motifs is 1. The van der Waals surface area contributed by atoms with Crippen LogP contribution in [0, 0.1) is 0 Å². The lowest BCUT2D eigenvalue weighted by atomic mass is 10.3. The molecule has 1 heterocycles. The summed E-state index contributed by atoms with van der Waals surface area (Å²) in [6, 6.07) is 8.02. The molecule has 1 amide bonds. The van der Waals surface area contributed by atoms with E-state index in [1.54, 1.807) is 18.9 Å². The first-order chi connectivity index (χ1) is 11.6. The number of para-hydroxylation sites is 2. The summed E-state index contributed by atoms with van der Waals surface area (Å²) < 4.78 is 12.9. The highest BCUT2D eigenvalue weighted by Gasteiger charge is 2.20. The molecule has 0 saturated heterocycles. The molecule has 6 heteroatoms. The summed E-state index contributed by atoms with van der Waals surface area (Å²) >= 11 is 0. The molecular weight excluding hydrogens is 306 g/mol. The average molecular weight is 333 g/mol. The van der Waals surface area contributed by atoms with E-state index in [0.29, 0.717) is 26.4 Å². The molecule has 0 aliphatic carbocycles. The van der Waals surface area contributed by atoms with E-state index in [4.69, 9.17) is 9.47 Å². The number of ether oxygens (including phenoxy) is 2. The van der Waals surface area contributed by atoms with Crippen LogP contribution in [0.15, 0.2) is 24.3 Å². The number of amides is 1. The molecule has 2 rings (SSSR count). The third kappa shape index (κ3) is 4.33. The molecule has 132 valence electrons. The Morgan fingerprint density at radius 1 is 1.29 bits per heavy atom. The molecule has 0 spiro atoms. The number of benzene rings is 1. The van der Waals surface area contributed by atoms with E-state index in [1.165, 1.54) is 0 Å². The van der Waals surface area contributed by atoms with Crippen LogP contribution >= 0.6 is 0 Å². The number of hydrogen-bond donors (Lipinski definition) is 0. The highest BCUT2D eigenvalue weighted by atomic mass is 16.5.